The van der Waals surface area contributed by atoms with Crippen LogP contribution in [-0.4, -0.2) is 35.5 Å². The Morgan fingerprint density at radius 2 is 2.10 bits per heavy atom. The molecule has 3 heterocycles. The number of carbonyl (C=O) groups is 1. The van der Waals surface area contributed by atoms with Gasteiger partial charge in [-0.05, 0) is 45.4 Å². The van der Waals surface area contributed by atoms with Crippen molar-refractivity contribution in [3.8, 4) is 0 Å². The van der Waals surface area contributed by atoms with E-state index in [1.807, 2.05) is 6.92 Å². The number of piperidine rings is 1. The number of hydrogen-bond donors (Lipinski definition) is 1. The Kier molecular flexibility index (Phi) is 2.91. The summed E-state index contributed by atoms with van der Waals surface area (Å²) < 4.78 is 0. The first kappa shape index (κ1) is 13.0. The third kappa shape index (κ3) is 2.01. The number of aromatic nitrogens is 2. The van der Waals surface area contributed by atoms with Crippen molar-refractivity contribution in [2.24, 2.45) is 5.41 Å². The molecule has 0 bridgehead atoms. The van der Waals surface area contributed by atoms with Gasteiger partial charge in [0.05, 0.1) is 5.41 Å². The number of rotatable bonds is 1. The van der Waals surface area contributed by atoms with Gasteiger partial charge in [0.1, 0.15) is 11.6 Å². The van der Waals surface area contributed by atoms with Gasteiger partial charge >= 0.3 is 0 Å². The highest BCUT2D eigenvalue weighted by Crippen LogP contribution is 2.40. The number of anilines is 1. The fourth-order valence-corrected chi connectivity index (χ4v) is 4.17. The zero-order valence-corrected chi connectivity index (χ0v) is 12.6. The topological polar surface area (TPSA) is 58.1 Å². The highest BCUT2D eigenvalue weighted by molar-refractivity contribution is 5.84. The molecule has 0 saturated carbocycles. The summed E-state index contributed by atoms with van der Waals surface area (Å²) in [6.45, 7) is 4.57. The molecule has 5 heteroatoms. The second-order valence-electron chi connectivity index (χ2n) is 6.68. The average molecular weight is 286 g/mol. The van der Waals surface area contributed by atoms with Crippen molar-refractivity contribution in [2.45, 2.75) is 45.4 Å². The molecular weight excluding hydrogens is 264 g/mol. The van der Waals surface area contributed by atoms with Gasteiger partial charge in [0.25, 0.3) is 0 Å². The highest BCUT2D eigenvalue weighted by Gasteiger charge is 2.46. The van der Waals surface area contributed by atoms with Crippen molar-refractivity contribution < 1.29 is 4.79 Å². The summed E-state index contributed by atoms with van der Waals surface area (Å²) in [5.74, 6) is 2.21. The Bertz CT molecular complexity index is 600. The fraction of sp³-hybridized carbons (Fsp3) is 0.688. The van der Waals surface area contributed by atoms with E-state index in [4.69, 9.17) is 4.98 Å². The number of aryl methyl sites for hydroxylation is 2. The van der Waals surface area contributed by atoms with Crippen LogP contribution >= 0.6 is 0 Å². The SMILES string of the molecule is Cc1nc2c(c(N3CC[C@@]4(CCCNC4=O)C3)n1)CCC2. The van der Waals surface area contributed by atoms with E-state index in [-0.39, 0.29) is 11.3 Å². The van der Waals surface area contributed by atoms with E-state index in [0.717, 1.165) is 63.4 Å². The van der Waals surface area contributed by atoms with Crippen molar-refractivity contribution in [1.29, 1.82) is 0 Å². The first-order valence-electron chi connectivity index (χ1n) is 8.08. The zero-order valence-electron chi connectivity index (χ0n) is 12.6. The van der Waals surface area contributed by atoms with E-state index in [2.05, 4.69) is 15.2 Å². The molecule has 1 aliphatic carbocycles. The predicted octanol–water partition coefficient (Wildman–Crippen LogP) is 1.38. The van der Waals surface area contributed by atoms with Crippen LogP contribution in [0.4, 0.5) is 5.82 Å². The number of fused-ring (bicyclic) bond motifs is 1. The molecule has 0 aromatic carbocycles. The molecule has 0 unspecified atom stereocenters. The standard InChI is InChI=1S/C16H22N4O/c1-11-18-13-5-2-4-12(13)14(19-11)20-9-7-16(10-20)6-3-8-17-15(16)21/h2-10H2,1H3,(H,17,21)/t16-/m0/s1. The number of nitrogens with one attached hydrogen (secondary N) is 1. The van der Waals surface area contributed by atoms with E-state index in [9.17, 15) is 4.79 Å². The molecule has 3 aliphatic rings. The molecule has 1 N–H and O–H groups in total. The first-order valence-corrected chi connectivity index (χ1v) is 8.08. The lowest BCUT2D eigenvalue weighted by Gasteiger charge is -2.32. The summed E-state index contributed by atoms with van der Waals surface area (Å²) in [5, 5.41) is 3.05. The Labute approximate surface area is 125 Å². The van der Waals surface area contributed by atoms with Gasteiger partial charge in [0.15, 0.2) is 0 Å². The minimum absolute atomic E-state index is 0.178. The van der Waals surface area contributed by atoms with Gasteiger partial charge in [-0.15, -0.1) is 0 Å². The molecule has 1 spiro atoms. The van der Waals surface area contributed by atoms with Gasteiger partial charge in [-0.2, -0.15) is 0 Å². The van der Waals surface area contributed by atoms with Crippen LogP contribution in [0.25, 0.3) is 0 Å². The summed E-state index contributed by atoms with van der Waals surface area (Å²) in [4.78, 5) is 24.0. The number of carbonyl (C=O) groups excluding carboxylic acids is 1. The maximum atomic E-state index is 12.3. The molecule has 1 aromatic rings. The molecule has 4 rings (SSSR count). The van der Waals surface area contributed by atoms with Gasteiger partial charge in [-0.3, -0.25) is 4.79 Å². The van der Waals surface area contributed by atoms with Crippen LogP contribution in [0.3, 0.4) is 0 Å². The largest absolute Gasteiger partial charge is 0.356 e. The maximum absolute atomic E-state index is 12.3. The van der Waals surface area contributed by atoms with Gasteiger partial charge in [-0.25, -0.2) is 9.97 Å². The van der Waals surface area contributed by atoms with Gasteiger partial charge in [-0.1, -0.05) is 0 Å². The van der Waals surface area contributed by atoms with Gasteiger partial charge < -0.3 is 10.2 Å². The van der Waals surface area contributed by atoms with Crippen LogP contribution in [-0.2, 0) is 17.6 Å². The number of amides is 1. The van der Waals surface area contributed by atoms with Crippen molar-refractivity contribution in [3.63, 3.8) is 0 Å². The van der Waals surface area contributed by atoms with Crippen LogP contribution in [0, 0.1) is 12.3 Å². The summed E-state index contributed by atoms with van der Waals surface area (Å²) in [7, 11) is 0. The van der Waals surface area contributed by atoms with Crippen molar-refractivity contribution >= 4 is 11.7 Å². The minimum Gasteiger partial charge on any atom is -0.356 e. The van der Waals surface area contributed by atoms with E-state index < -0.39 is 0 Å². The van der Waals surface area contributed by atoms with E-state index >= 15 is 0 Å². The summed E-state index contributed by atoms with van der Waals surface area (Å²) in [5.41, 5.74) is 2.38. The molecule has 5 nitrogen and oxygen atoms in total. The van der Waals surface area contributed by atoms with E-state index in [1.165, 1.54) is 17.7 Å². The quantitative estimate of drug-likeness (QED) is 0.847. The zero-order chi connectivity index (χ0) is 14.4. The molecule has 112 valence electrons. The lowest BCUT2D eigenvalue weighted by Crippen LogP contribution is -2.47. The number of nitrogens with zero attached hydrogens (tertiary/aromatic N) is 3. The lowest BCUT2D eigenvalue weighted by molar-refractivity contribution is -0.132. The molecule has 1 aromatic heterocycles. The first-order chi connectivity index (χ1) is 10.2. The minimum atomic E-state index is -0.178. The van der Waals surface area contributed by atoms with Crippen LogP contribution < -0.4 is 10.2 Å². The predicted molar refractivity (Wildman–Crippen MR) is 80.3 cm³/mol. The van der Waals surface area contributed by atoms with Gasteiger partial charge in [0.2, 0.25) is 5.91 Å². The van der Waals surface area contributed by atoms with Crippen molar-refractivity contribution in [3.05, 3.63) is 17.1 Å². The molecule has 2 saturated heterocycles. The highest BCUT2D eigenvalue weighted by atomic mass is 16.2. The van der Waals surface area contributed by atoms with E-state index in [1.54, 1.807) is 0 Å². The normalized spacial score (nSPS) is 28.0. The molecule has 1 amide bonds. The Morgan fingerprint density at radius 3 is 2.95 bits per heavy atom. The maximum Gasteiger partial charge on any atom is 0.228 e. The van der Waals surface area contributed by atoms with Crippen LogP contribution in [0.2, 0.25) is 0 Å². The smallest absolute Gasteiger partial charge is 0.228 e. The summed E-state index contributed by atoms with van der Waals surface area (Å²) >= 11 is 0. The Balaban J connectivity index is 1.66. The fourth-order valence-electron chi connectivity index (χ4n) is 4.17. The van der Waals surface area contributed by atoms with Crippen molar-refractivity contribution in [1.82, 2.24) is 15.3 Å². The molecule has 21 heavy (non-hydrogen) atoms. The number of hydrogen-bond acceptors (Lipinski definition) is 4. The van der Waals surface area contributed by atoms with Crippen LogP contribution in [0.1, 0.15) is 42.8 Å². The second kappa shape index (κ2) is 4.68. The van der Waals surface area contributed by atoms with Crippen LogP contribution in [0.15, 0.2) is 0 Å². The summed E-state index contributed by atoms with van der Waals surface area (Å²) in [6, 6.07) is 0. The monoisotopic (exact) mass is 286 g/mol. The second-order valence-corrected chi connectivity index (χ2v) is 6.68. The summed E-state index contributed by atoms with van der Waals surface area (Å²) in [6.07, 6.45) is 6.41. The molecule has 2 aliphatic heterocycles. The average Bonchev–Trinajstić information content (AvgIpc) is 3.09. The van der Waals surface area contributed by atoms with Crippen molar-refractivity contribution in [2.75, 3.05) is 24.5 Å². The molecule has 2 fully saturated rings. The Morgan fingerprint density at radius 1 is 1.19 bits per heavy atom. The third-order valence-electron chi connectivity index (χ3n) is 5.28. The molecular formula is C16H22N4O. The third-order valence-corrected chi connectivity index (χ3v) is 5.28. The van der Waals surface area contributed by atoms with Crippen LogP contribution in [0.5, 0.6) is 0 Å². The van der Waals surface area contributed by atoms with E-state index in [0.29, 0.717) is 0 Å². The lowest BCUT2D eigenvalue weighted by atomic mass is 9.79. The Hall–Kier alpha value is -1.65. The molecule has 1 atom stereocenters. The molecule has 0 radical (unpaired) electrons. The van der Waals surface area contributed by atoms with Gasteiger partial charge in [0, 0.05) is 30.9 Å².